The molecular weight excluding hydrogens is 332 g/mol. The van der Waals surface area contributed by atoms with Crippen molar-refractivity contribution in [1.82, 2.24) is 0 Å². The lowest BCUT2D eigenvalue weighted by molar-refractivity contribution is -0.204. The van der Waals surface area contributed by atoms with Crippen LogP contribution in [0.15, 0.2) is 23.8 Å². The van der Waals surface area contributed by atoms with Gasteiger partial charge in [-0.05, 0) is 39.0 Å². The normalized spacial score (nSPS) is 42.2. The number of hydrogen-bond acceptors (Lipinski definition) is 5. The monoisotopic (exact) mass is 364 g/mol. The van der Waals surface area contributed by atoms with Crippen molar-refractivity contribution in [1.29, 1.82) is 0 Å². The van der Waals surface area contributed by atoms with Crippen LogP contribution in [0, 0.1) is 23.2 Å². The van der Waals surface area contributed by atoms with E-state index in [1.165, 1.54) is 6.08 Å². The van der Waals surface area contributed by atoms with E-state index in [-0.39, 0.29) is 17.8 Å². The molecule has 2 saturated carbocycles. The van der Waals surface area contributed by atoms with Gasteiger partial charge in [0.25, 0.3) is 0 Å². The molecule has 0 spiro atoms. The Morgan fingerprint density at radius 1 is 1.23 bits per heavy atom. The quantitative estimate of drug-likeness (QED) is 0.527. The molecule has 2 fully saturated rings. The van der Waals surface area contributed by atoms with Gasteiger partial charge in [0.2, 0.25) is 5.79 Å². The molecule has 0 aromatic carbocycles. The molecule has 26 heavy (non-hydrogen) atoms. The third kappa shape index (κ3) is 2.76. The van der Waals surface area contributed by atoms with Gasteiger partial charge in [-0.15, -0.1) is 0 Å². The average molecular weight is 364 g/mol. The van der Waals surface area contributed by atoms with E-state index in [1.807, 2.05) is 26.0 Å². The molecule has 146 valence electrons. The van der Waals surface area contributed by atoms with E-state index in [4.69, 9.17) is 4.74 Å². The zero-order valence-electron chi connectivity index (χ0n) is 16.5. The fourth-order valence-electron chi connectivity index (χ4n) is 5.13. The summed E-state index contributed by atoms with van der Waals surface area (Å²) in [7, 11) is 0. The van der Waals surface area contributed by atoms with Crippen LogP contribution in [0.4, 0.5) is 0 Å². The van der Waals surface area contributed by atoms with Crippen LogP contribution in [0.3, 0.4) is 0 Å². The van der Waals surface area contributed by atoms with Gasteiger partial charge in [0.05, 0.1) is 11.2 Å². The Balaban J connectivity index is 1.87. The third-order valence-corrected chi connectivity index (χ3v) is 7.48. The fraction of sp³-hybridized carbons (Fsp3) is 0.762. The Morgan fingerprint density at radius 2 is 1.88 bits per heavy atom. The first-order chi connectivity index (χ1) is 11.8. The minimum Gasteiger partial charge on any atom is -0.426 e. The summed E-state index contributed by atoms with van der Waals surface area (Å²) >= 11 is 0. The molecule has 3 N–H and O–H groups in total. The second-order valence-electron chi connectivity index (χ2n) is 9.35. The van der Waals surface area contributed by atoms with Gasteiger partial charge in [-0.3, -0.25) is 0 Å². The van der Waals surface area contributed by atoms with Gasteiger partial charge in [0, 0.05) is 35.3 Å². The molecule has 6 unspecified atom stereocenters. The molecule has 0 amide bonds. The van der Waals surface area contributed by atoms with Crippen LogP contribution in [0.1, 0.15) is 60.3 Å². The maximum Gasteiger partial charge on any atom is 0.333 e. The lowest BCUT2D eigenvalue weighted by atomic mass is 9.57. The Hall–Kier alpha value is -1.17. The van der Waals surface area contributed by atoms with E-state index in [2.05, 4.69) is 6.92 Å². The highest BCUT2D eigenvalue weighted by Gasteiger charge is 2.65. The zero-order chi connectivity index (χ0) is 19.5. The summed E-state index contributed by atoms with van der Waals surface area (Å²) in [6.45, 7) is 9.59. The average Bonchev–Trinajstić information content (AvgIpc) is 2.98. The number of hydrogen-bond donors (Lipinski definition) is 3. The van der Waals surface area contributed by atoms with E-state index >= 15 is 0 Å². The van der Waals surface area contributed by atoms with Gasteiger partial charge < -0.3 is 20.1 Å². The molecule has 3 rings (SSSR count). The summed E-state index contributed by atoms with van der Waals surface area (Å²) in [6, 6.07) is 0. The summed E-state index contributed by atoms with van der Waals surface area (Å²) in [5, 5.41) is 32.5. The molecule has 5 heteroatoms. The SMILES string of the molecule is CC(/C=C/C(C)C1(O)CCC2C3=CC(=O)OC3(O)CCC21C)C(C)(C)O. The van der Waals surface area contributed by atoms with Gasteiger partial charge >= 0.3 is 5.97 Å². The van der Waals surface area contributed by atoms with Gasteiger partial charge in [0.1, 0.15) is 0 Å². The lowest BCUT2D eigenvalue weighted by Crippen LogP contribution is -2.54. The molecule has 5 nitrogen and oxygen atoms in total. The Kier molecular flexibility index (Phi) is 4.45. The molecule has 6 atom stereocenters. The number of esters is 1. The first kappa shape index (κ1) is 19.6. The van der Waals surface area contributed by atoms with E-state index in [1.54, 1.807) is 13.8 Å². The van der Waals surface area contributed by atoms with Gasteiger partial charge in [-0.2, -0.15) is 0 Å². The largest absolute Gasteiger partial charge is 0.426 e. The van der Waals surface area contributed by atoms with Crippen LogP contribution in [0.5, 0.6) is 0 Å². The molecular formula is C21H32O5. The van der Waals surface area contributed by atoms with E-state index in [9.17, 15) is 20.1 Å². The Bertz CT molecular complexity index is 660. The van der Waals surface area contributed by atoms with Crippen LogP contribution < -0.4 is 0 Å². The second kappa shape index (κ2) is 5.91. The molecule has 0 radical (unpaired) electrons. The van der Waals surface area contributed by atoms with Crippen molar-refractivity contribution in [3.8, 4) is 0 Å². The van der Waals surface area contributed by atoms with Crippen LogP contribution >= 0.6 is 0 Å². The summed E-state index contributed by atoms with van der Waals surface area (Å²) < 4.78 is 5.15. The molecule has 0 aromatic heterocycles. The highest BCUT2D eigenvalue weighted by Crippen LogP contribution is 2.64. The fourth-order valence-corrected chi connectivity index (χ4v) is 5.13. The molecule has 1 heterocycles. The Morgan fingerprint density at radius 3 is 2.50 bits per heavy atom. The number of rotatable bonds is 4. The molecule has 0 aromatic rings. The number of carbonyl (C=O) groups is 1. The minimum atomic E-state index is -1.49. The van der Waals surface area contributed by atoms with E-state index in [0.717, 1.165) is 6.42 Å². The third-order valence-electron chi connectivity index (χ3n) is 7.48. The molecule has 0 bridgehead atoms. The standard InChI is InChI=1S/C21H32O5/c1-13(18(3,4)23)6-7-14(2)20(24)9-8-15-16-12-17(22)26-21(16,25)11-10-19(15,20)5/h6-7,12-15,23-25H,8-11H2,1-5H3/b7-6+. The minimum absolute atomic E-state index is 0.0291. The predicted molar refractivity (Wildman–Crippen MR) is 97.9 cm³/mol. The smallest absolute Gasteiger partial charge is 0.333 e. The van der Waals surface area contributed by atoms with Gasteiger partial charge in [0.15, 0.2) is 0 Å². The Labute approximate surface area is 155 Å². The zero-order valence-corrected chi connectivity index (χ0v) is 16.5. The van der Waals surface area contributed by atoms with Crippen molar-refractivity contribution in [3.05, 3.63) is 23.8 Å². The first-order valence-corrected chi connectivity index (χ1v) is 9.64. The lowest BCUT2D eigenvalue weighted by Gasteiger charge is -2.51. The summed E-state index contributed by atoms with van der Waals surface area (Å²) in [6.07, 6.45) is 7.63. The van der Waals surface area contributed by atoms with Crippen molar-refractivity contribution in [2.24, 2.45) is 23.2 Å². The van der Waals surface area contributed by atoms with Crippen LogP contribution in [-0.2, 0) is 9.53 Å². The number of fused-ring (bicyclic) bond motifs is 3. The maximum absolute atomic E-state index is 11.7. The van der Waals surface area contributed by atoms with Crippen molar-refractivity contribution in [2.45, 2.75) is 77.3 Å². The maximum atomic E-state index is 11.7. The van der Waals surface area contributed by atoms with Crippen LogP contribution in [0.25, 0.3) is 0 Å². The number of aliphatic hydroxyl groups is 3. The van der Waals surface area contributed by atoms with Crippen LogP contribution in [0.2, 0.25) is 0 Å². The van der Waals surface area contributed by atoms with E-state index in [0.29, 0.717) is 24.8 Å². The van der Waals surface area contributed by atoms with Gasteiger partial charge in [-0.1, -0.05) is 32.9 Å². The van der Waals surface area contributed by atoms with Crippen molar-refractivity contribution < 1.29 is 24.9 Å². The molecule has 1 aliphatic heterocycles. The highest BCUT2D eigenvalue weighted by molar-refractivity contribution is 5.86. The molecule has 3 aliphatic rings. The number of ether oxygens (including phenoxy) is 1. The highest BCUT2D eigenvalue weighted by atomic mass is 16.7. The molecule has 0 saturated heterocycles. The predicted octanol–water partition coefficient (Wildman–Crippen LogP) is 2.70. The van der Waals surface area contributed by atoms with Crippen molar-refractivity contribution in [2.75, 3.05) is 0 Å². The van der Waals surface area contributed by atoms with Crippen LogP contribution in [-0.4, -0.2) is 38.3 Å². The summed E-state index contributed by atoms with van der Waals surface area (Å²) in [5.74, 6) is -2.18. The first-order valence-electron chi connectivity index (χ1n) is 9.64. The summed E-state index contributed by atoms with van der Waals surface area (Å²) in [5.41, 5.74) is -1.54. The summed E-state index contributed by atoms with van der Waals surface area (Å²) in [4.78, 5) is 11.7. The molecule has 2 aliphatic carbocycles. The van der Waals surface area contributed by atoms with Crippen molar-refractivity contribution >= 4 is 5.97 Å². The second-order valence-corrected chi connectivity index (χ2v) is 9.35. The van der Waals surface area contributed by atoms with Crippen molar-refractivity contribution in [3.63, 3.8) is 0 Å². The van der Waals surface area contributed by atoms with E-state index < -0.39 is 28.4 Å². The van der Waals surface area contributed by atoms with Gasteiger partial charge in [-0.25, -0.2) is 4.79 Å². The number of carbonyl (C=O) groups excluding carboxylic acids is 1. The topological polar surface area (TPSA) is 87.0 Å².